The predicted octanol–water partition coefficient (Wildman–Crippen LogP) is 2.66. The number of hydrogen-bond donors (Lipinski definition) is 1. The van der Waals surface area contributed by atoms with Gasteiger partial charge in [-0.3, -0.25) is 9.78 Å². The first kappa shape index (κ1) is 13.7. The van der Waals surface area contributed by atoms with E-state index < -0.39 is 0 Å². The van der Waals surface area contributed by atoms with Crippen LogP contribution in [0.25, 0.3) is 10.7 Å². The lowest BCUT2D eigenvalue weighted by Gasteiger charge is -2.10. The average Bonchev–Trinajstić information content (AvgIpc) is 2.88. The van der Waals surface area contributed by atoms with Gasteiger partial charge >= 0.3 is 0 Å². The number of amides is 1. The van der Waals surface area contributed by atoms with E-state index in [1.807, 2.05) is 37.4 Å². The molecule has 100 valence electrons. The van der Waals surface area contributed by atoms with E-state index in [9.17, 15) is 4.79 Å². The van der Waals surface area contributed by atoms with E-state index >= 15 is 0 Å². The van der Waals surface area contributed by atoms with Crippen LogP contribution in [0.4, 0.5) is 0 Å². The van der Waals surface area contributed by atoms with Crippen LogP contribution in [0.2, 0.25) is 0 Å². The van der Waals surface area contributed by atoms with E-state index in [2.05, 4.69) is 15.3 Å². The largest absolute Gasteiger partial charge is 0.353 e. The minimum atomic E-state index is 0.0206. The molecule has 19 heavy (non-hydrogen) atoms. The number of thiazole rings is 1. The van der Waals surface area contributed by atoms with Crippen LogP contribution in [-0.4, -0.2) is 21.9 Å². The van der Waals surface area contributed by atoms with Crippen molar-refractivity contribution >= 4 is 17.2 Å². The molecular formula is C14H17N3OS. The summed E-state index contributed by atoms with van der Waals surface area (Å²) >= 11 is 1.52. The molecule has 0 aliphatic rings. The summed E-state index contributed by atoms with van der Waals surface area (Å²) in [6.45, 7) is 4.05. The lowest BCUT2D eigenvalue weighted by molar-refractivity contribution is -0.121. The Morgan fingerprint density at radius 1 is 1.47 bits per heavy atom. The third kappa shape index (κ3) is 3.86. The second-order valence-corrected chi connectivity index (χ2v) is 5.27. The Morgan fingerprint density at radius 2 is 2.32 bits per heavy atom. The predicted molar refractivity (Wildman–Crippen MR) is 76.9 cm³/mol. The van der Waals surface area contributed by atoms with Gasteiger partial charge in [-0.1, -0.05) is 13.0 Å². The monoisotopic (exact) mass is 275 g/mol. The van der Waals surface area contributed by atoms with E-state index in [1.54, 1.807) is 6.20 Å². The van der Waals surface area contributed by atoms with Gasteiger partial charge in [-0.05, 0) is 25.5 Å². The lowest BCUT2D eigenvalue weighted by atomic mass is 10.2. The highest BCUT2D eigenvalue weighted by Gasteiger charge is 2.10. The molecule has 0 fully saturated rings. The number of carbonyl (C=O) groups is 1. The Balaban J connectivity index is 2.00. The van der Waals surface area contributed by atoms with Crippen molar-refractivity contribution in [1.29, 1.82) is 0 Å². The van der Waals surface area contributed by atoms with Gasteiger partial charge in [0, 0.05) is 17.6 Å². The quantitative estimate of drug-likeness (QED) is 0.912. The fourth-order valence-corrected chi connectivity index (χ4v) is 2.38. The highest BCUT2D eigenvalue weighted by Crippen LogP contribution is 2.21. The van der Waals surface area contributed by atoms with Crippen molar-refractivity contribution in [2.75, 3.05) is 0 Å². The van der Waals surface area contributed by atoms with Crippen LogP contribution in [-0.2, 0) is 11.2 Å². The van der Waals surface area contributed by atoms with Crippen LogP contribution < -0.4 is 5.32 Å². The van der Waals surface area contributed by atoms with Crippen molar-refractivity contribution in [2.45, 2.75) is 32.7 Å². The third-order valence-electron chi connectivity index (χ3n) is 2.80. The summed E-state index contributed by atoms with van der Waals surface area (Å²) < 4.78 is 0. The van der Waals surface area contributed by atoms with Crippen LogP contribution in [0.15, 0.2) is 29.8 Å². The zero-order chi connectivity index (χ0) is 13.7. The smallest absolute Gasteiger partial charge is 0.226 e. The third-order valence-corrected chi connectivity index (χ3v) is 3.71. The van der Waals surface area contributed by atoms with Gasteiger partial charge in [0.15, 0.2) is 0 Å². The lowest BCUT2D eigenvalue weighted by Crippen LogP contribution is -2.33. The van der Waals surface area contributed by atoms with Crippen molar-refractivity contribution in [2.24, 2.45) is 0 Å². The number of rotatable bonds is 5. The summed E-state index contributed by atoms with van der Waals surface area (Å²) in [6, 6.07) is 5.93. The first-order chi connectivity index (χ1) is 9.19. The van der Waals surface area contributed by atoms with Crippen LogP contribution in [0, 0.1) is 0 Å². The molecule has 1 atom stereocenters. The second kappa shape index (κ2) is 6.43. The minimum absolute atomic E-state index is 0.0206. The number of hydrogen-bond acceptors (Lipinski definition) is 4. The molecule has 2 rings (SSSR count). The highest BCUT2D eigenvalue weighted by molar-refractivity contribution is 7.13. The first-order valence-electron chi connectivity index (χ1n) is 6.34. The maximum atomic E-state index is 11.8. The van der Waals surface area contributed by atoms with Crippen LogP contribution >= 0.6 is 11.3 Å². The Hall–Kier alpha value is -1.75. The molecule has 0 saturated heterocycles. The molecule has 2 aromatic heterocycles. The molecular weight excluding hydrogens is 258 g/mol. The zero-order valence-electron chi connectivity index (χ0n) is 11.1. The molecule has 1 unspecified atom stereocenters. The molecule has 0 bridgehead atoms. The molecule has 0 saturated carbocycles. The van der Waals surface area contributed by atoms with Gasteiger partial charge in [0.1, 0.15) is 5.01 Å². The average molecular weight is 275 g/mol. The molecule has 1 N–H and O–H groups in total. The summed E-state index contributed by atoms with van der Waals surface area (Å²) in [4.78, 5) is 20.5. The summed E-state index contributed by atoms with van der Waals surface area (Å²) in [5, 5.41) is 5.71. The Labute approximate surface area is 116 Å². The fourth-order valence-electron chi connectivity index (χ4n) is 1.59. The fraction of sp³-hybridized carbons (Fsp3) is 0.357. The van der Waals surface area contributed by atoms with Gasteiger partial charge in [0.25, 0.3) is 0 Å². The van der Waals surface area contributed by atoms with Gasteiger partial charge in [-0.2, -0.15) is 0 Å². The number of nitrogens with zero attached hydrogens (tertiary/aromatic N) is 2. The summed E-state index contributed by atoms with van der Waals surface area (Å²) in [6.07, 6.45) is 3.00. The molecule has 4 nitrogen and oxygen atoms in total. The van der Waals surface area contributed by atoms with Crippen molar-refractivity contribution < 1.29 is 4.79 Å². The van der Waals surface area contributed by atoms with Crippen molar-refractivity contribution in [3.8, 4) is 10.7 Å². The Bertz CT molecular complexity index is 539. The van der Waals surface area contributed by atoms with E-state index in [1.165, 1.54) is 11.3 Å². The number of nitrogens with one attached hydrogen (secondary N) is 1. The molecule has 0 radical (unpaired) electrons. The van der Waals surface area contributed by atoms with Crippen LogP contribution in [0.5, 0.6) is 0 Å². The number of carbonyl (C=O) groups excluding carboxylic acids is 1. The SMILES string of the molecule is CCC(C)NC(=O)Cc1csc(-c2ccccn2)n1. The maximum Gasteiger partial charge on any atom is 0.226 e. The molecule has 5 heteroatoms. The van der Waals surface area contributed by atoms with Gasteiger partial charge in [0.2, 0.25) is 5.91 Å². The van der Waals surface area contributed by atoms with Crippen molar-refractivity contribution in [3.05, 3.63) is 35.5 Å². The normalized spacial score (nSPS) is 12.1. The highest BCUT2D eigenvalue weighted by atomic mass is 32.1. The molecule has 2 heterocycles. The Kier molecular flexibility index (Phi) is 4.63. The minimum Gasteiger partial charge on any atom is -0.353 e. The maximum absolute atomic E-state index is 11.8. The summed E-state index contributed by atoms with van der Waals surface area (Å²) in [7, 11) is 0. The molecule has 0 aliphatic heterocycles. The first-order valence-corrected chi connectivity index (χ1v) is 7.22. The van der Waals surface area contributed by atoms with Crippen LogP contribution in [0.3, 0.4) is 0 Å². The Morgan fingerprint density at radius 3 is 3.00 bits per heavy atom. The molecule has 1 amide bonds. The zero-order valence-corrected chi connectivity index (χ0v) is 11.9. The molecule has 0 spiro atoms. The van der Waals surface area contributed by atoms with Crippen molar-refractivity contribution in [1.82, 2.24) is 15.3 Å². The van der Waals surface area contributed by atoms with E-state index in [-0.39, 0.29) is 11.9 Å². The second-order valence-electron chi connectivity index (χ2n) is 4.41. The molecule has 2 aromatic rings. The molecule has 0 aromatic carbocycles. The standard InChI is InChI=1S/C14H17N3OS/c1-3-10(2)16-13(18)8-11-9-19-14(17-11)12-6-4-5-7-15-12/h4-7,9-10H,3,8H2,1-2H3,(H,16,18). The number of aromatic nitrogens is 2. The van der Waals surface area contributed by atoms with Crippen molar-refractivity contribution in [3.63, 3.8) is 0 Å². The number of pyridine rings is 1. The topological polar surface area (TPSA) is 54.9 Å². The summed E-state index contributed by atoms with van der Waals surface area (Å²) in [5.74, 6) is 0.0206. The van der Waals surface area contributed by atoms with Gasteiger partial charge in [-0.25, -0.2) is 4.98 Å². The molecule has 0 aliphatic carbocycles. The van der Waals surface area contributed by atoms with Gasteiger partial charge in [-0.15, -0.1) is 11.3 Å². The van der Waals surface area contributed by atoms with Gasteiger partial charge in [0.05, 0.1) is 17.8 Å². The van der Waals surface area contributed by atoms with Gasteiger partial charge < -0.3 is 5.32 Å². The van der Waals surface area contributed by atoms with E-state index in [0.29, 0.717) is 6.42 Å². The van der Waals surface area contributed by atoms with Crippen LogP contribution in [0.1, 0.15) is 26.0 Å². The van der Waals surface area contributed by atoms with E-state index in [0.717, 1.165) is 22.8 Å². The van der Waals surface area contributed by atoms with E-state index in [4.69, 9.17) is 0 Å². The summed E-state index contributed by atoms with van der Waals surface area (Å²) in [5.41, 5.74) is 1.65.